The first kappa shape index (κ1) is 18.7. The molecule has 6 nitrogen and oxygen atoms in total. The lowest BCUT2D eigenvalue weighted by atomic mass is 10.2. The van der Waals surface area contributed by atoms with E-state index >= 15 is 0 Å². The monoisotopic (exact) mass is 382 g/mol. The maximum atomic E-state index is 12.2. The molecule has 1 aliphatic heterocycles. The van der Waals surface area contributed by atoms with Gasteiger partial charge in [-0.15, -0.1) is 0 Å². The lowest BCUT2D eigenvalue weighted by Gasteiger charge is -2.10. The van der Waals surface area contributed by atoms with Gasteiger partial charge in [-0.25, -0.2) is 9.79 Å². The van der Waals surface area contributed by atoms with E-state index in [-0.39, 0.29) is 5.91 Å². The van der Waals surface area contributed by atoms with Gasteiger partial charge in [-0.1, -0.05) is 30.3 Å². The number of carboxylic acids is 1. The number of amides is 1. The van der Waals surface area contributed by atoms with Gasteiger partial charge in [0, 0.05) is 0 Å². The third kappa shape index (κ3) is 4.77. The number of benzene rings is 2. The topological polar surface area (TPSA) is 88.0 Å². The van der Waals surface area contributed by atoms with Crippen LogP contribution in [0.1, 0.15) is 18.1 Å². The van der Waals surface area contributed by atoms with Gasteiger partial charge >= 0.3 is 5.97 Å². The second-order valence-electron chi connectivity index (χ2n) is 5.94. The number of hydrogen-bond donors (Lipinski definition) is 2. The molecule has 1 unspecified atom stereocenters. The van der Waals surface area contributed by atoms with Gasteiger partial charge in [-0.05, 0) is 61.0 Å². The number of carbonyl (C=O) groups is 2. The van der Waals surface area contributed by atoms with Crippen LogP contribution < -0.4 is 10.1 Å². The van der Waals surface area contributed by atoms with Gasteiger partial charge in [-0.2, -0.15) is 0 Å². The number of carboxylic acid groups (broad SMARTS) is 1. The van der Waals surface area contributed by atoms with E-state index in [2.05, 4.69) is 10.3 Å². The summed E-state index contributed by atoms with van der Waals surface area (Å²) in [6.07, 6.45) is 0.767. The first-order valence-electron chi connectivity index (χ1n) is 8.27. The number of aliphatic imine (C=N–C) groups is 1. The molecule has 2 N–H and O–H groups in total. The molecule has 0 aliphatic carbocycles. The van der Waals surface area contributed by atoms with E-state index in [1.807, 2.05) is 37.3 Å². The van der Waals surface area contributed by atoms with E-state index in [1.165, 1.54) is 18.7 Å². The summed E-state index contributed by atoms with van der Waals surface area (Å²) < 4.78 is 5.36. The number of rotatable bonds is 5. The minimum Gasteiger partial charge on any atom is -0.479 e. The van der Waals surface area contributed by atoms with Crippen molar-refractivity contribution in [2.75, 3.05) is 0 Å². The molecule has 1 heterocycles. The number of thioether (sulfide) groups is 1. The van der Waals surface area contributed by atoms with E-state index in [4.69, 9.17) is 9.84 Å². The van der Waals surface area contributed by atoms with Gasteiger partial charge in [0.25, 0.3) is 5.91 Å². The standard InChI is InChI=1S/C20H18N2O4S/c1-12-6-3-4-9-16(12)21-20-22-18(23)17(27-20)11-14-7-5-8-15(10-14)26-13(2)19(24)25/h3-11,13H,1-2H3,(H,24,25)(H,21,22,23)/b17-11+. The number of aliphatic carboxylic acids is 1. The van der Waals surface area contributed by atoms with Crippen molar-refractivity contribution in [2.45, 2.75) is 20.0 Å². The molecule has 7 heteroatoms. The first-order valence-corrected chi connectivity index (χ1v) is 9.09. The van der Waals surface area contributed by atoms with Gasteiger partial charge in [-0.3, -0.25) is 4.79 Å². The predicted molar refractivity (Wildman–Crippen MR) is 106 cm³/mol. The number of hydrogen-bond acceptors (Lipinski definition) is 5. The van der Waals surface area contributed by atoms with E-state index < -0.39 is 12.1 Å². The van der Waals surface area contributed by atoms with Gasteiger partial charge in [0.15, 0.2) is 11.3 Å². The Hall–Kier alpha value is -3.06. The second-order valence-corrected chi connectivity index (χ2v) is 6.97. The van der Waals surface area contributed by atoms with Crippen LogP contribution in [0, 0.1) is 6.92 Å². The van der Waals surface area contributed by atoms with Crippen molar-refractivity contribution in [1.29, 1.82) is 0 Å². The van der Waals surface area contributed by atoms with Gasteiger partial charge in [0.2, 0.25) is 0 Å². The van der Waals surface area contributed by atoms with Crippen LogP contribution in [0.5, 0.6) is 5.75 Å². The number of aryl methyl sites for hydroxylation is 1. The first-order chi connectivity index (χ1) is 12.9. The van der Waals surface area contributed by atoms with Crippen molar-refractivity contribution >= 4 is 40.6 Å². The zero-order valence-corrected chi connectivity index (χ0v) is 15.6. The molecule has 0 saturated carbocycles. The Morgan fingerprint density at radius 1 is 1.26 bits per heavy atom. The fourth-order valence-electron chi connectivity index (χ4n) is 2.36. The number of ether oxygens (including phenoxy) is 1. The van der Waals surface area contributed by atoms with E-state index in [0.29, 0.717) is 15.8 Å². The summed E-state index contributed by atoms with van der Waals surface area (Å²) in [6, 6.07) is 14.6. The highest BCUT2D eigenvalue weighted by Gasteiger charge is 2.24. The molecular weight excluding hydrogens is 364 g/mol. The predicted octanol–water partition coefficient (Wildman–Crippen LogP) is 3.74. The van der Waals surface area contributed by atoms with E-state index in [1.54, 1.807) is 24.3 Å². The summed E-state index contributed by atoms with van der Waals surface area (Å²) in [7, 11) is 0. The van der Waals surface area contributed by atoms with E-state index in [9.17, 15) is 9.59 Å². The molecule has 0 bridgehead atoms. The lowest BCUT2D eigenvalue weighted by Crippen LogP contribution is -2.22. The van der Waals surface area contributed by atoms with Crippen molar-refractivity contribution in [2.24, 2.45) is 4.99 Å². The van der Waals surface area contributed by atoms with Crippen LogP contribution >= 0.6 is 11.8 Å². The minimum absolute atomic E-state index is 0.224. The van der Waals surface area contributed by atoms with Crippen LogP contribution in [0.15, 0.2) is 58.4 Å². The molecule has 1 atom stereocenters. The molecular formula is C20H18N2O4S. The molecule has 1 fully saturated rings. The molecule has 3 rings (SSSR count). The molecule has 0 radical (unpaired) electrons. The fourth-order valence-corrected chi connectivity index (χ4v) is 3.20. The lowest BCUT2D eigenvalue weighted by molar-refractivity contribution is -0.144. The highest BCUT2D eigenvalue weighted by Crippen LogP contribution is 2.29. The van der Waals surface area contributed by atoms with Crippen LogP contribution in [-0.2, 0) is 9.59 Å². The Morgan fingerprint density at radius 3 is 2.78 bits per heavy atom. The summed E-state index contributed by atoms with van der Waals surface area (Å²) >= 11 is 1.26. The number of amidine groups is 1. The van der Waals surface area contributed by atoms with Gasteiger partial charge < -0.3 is 15.2 Å². The normalized spacial score (nSPS) is 17.8. The third-order valence-electron chi connectivity index (χ3n) is 3.80. The summed E-state index contributed by atoms with van der Waals surface area (Å²) in [6.45, 7) is 3.42. The Balaban J connectivity index is 1.79. The zero-order chi connectivity index (χ0) is 19.4. The molecule has 2 aromatic rings. The van der Waals surface area contributed by atoms with Crippen molar-refractivity contribution < 1.29 is 19.4 Å². The SMILES string of the molecule is Cc1ccccc1N=C1NC(=O)/C(=C\c2cccc(OC(C)C(=O)O)c2)S1. The molecule has 138 valence electrons. The number of nitrogens with zero attached hydrogens (tertiary/aromatic N) is 1. The summed E-state index contributed by atoms with van der Waals surface area (Å²) in [5, 5.41) is 12.2. The smallest absolute Gasteiger partial charge is 0.344 e. The fraction of sp³-hybridized carbons (Fsp3) is 0.150. The molecule has 1 saturated heterocycles. The quantitative estimate of drug-likeness (QED) is 0.769. The molecule has 1 amide bonds. The van der Waals surface area contributed by atoms with Crippen molar-refractivity contribution in [3.63, 3.8) is 0 Å². The largest absolute Gasteiger partial charge is 0.479 e. The molecule has 0 spiro atoms. The van der Waals surface area contributed by atoms with Gasteiger partial charge in [0.05, 0.1) is 10.6 Å². The average molecular weight is 382 g/mol. The van der Waals surface area contributed by atoms with Crippen LogP contribution in [0.25, 0.3) is 6.08 Å². The number of carbonyl (C=O) groups excluding carboxylic acids is 1. The molecule has 1 aliphatic rings. The molecule has 0 aromatic heterocycles. The Morgan fingerprint density at radius 2 is 2.04 bits per heavy atom. The minimum atomic E-state index is -1.04. The zero-order valence-electron chi connectivity index (χ0n) is 14.8. The Kier molecular flexibility index (Phi) is 5.61. The van der Waals surface area contributed by atoms with Crippen molar-refractivity contribution in [1.82, 2.24) is 5.32 Å². The summed E-state index contributed by atoms with van der Waals surface area (Å²) in [5.41, 5.74) is 2.56. The average Bonchev–Trinajstić information content (AvgIpc) is 2.96. The van der Waals surface area contributed by atoms with Crippen LogP contribution in [0.2, 0.25) is 0 Å². The third-order valence-corrected chi connectivity index (χ3v) is 4.71. The number of nitrogens with one attached hydrogen (secondary N) is 1. The van der Waals surface area contributed by atoms with Crippen LogP contribution in [-0.4, -0.2) is 28.3 Å². The maximum Gasteiger partial charge on any atom is 0.344 e. The summed E-state index contributed by atoms with van der Waals surface area (Å²) in [4.78, 5) is 28.1. The Labute approximate surface area is 161 Å². The second kappa shape index (κ2) is 8.09. The van der Waals surface area contributed by atoms with Crippen LogP contribution in [0.4, 0.5) is 5.69 Å². The molecule has 2 aromatic carbocycles. The van der Waals surface area contributed by atoms with Crippen LogP contribution in [0.3, 0.4) is 0 Å². The summed E-state index contributed by atoms with van der Waals surface area (Å²) in [5.74, 6) is -0.837. The Bertz CT molecular complexity index is 953. The maximum absolute atomic E-state index is 12.2. The highest BCUT2D eigenvalue weighted by atomic mass is 32.2. The van der Waals surface area contributed by atoms with Crippen molar-refractivity contribution in [3.05, 3.63) is 64.6 Å². The van der Waals surface area contributed by atoms with E-state index in [0.717, 1.165) is 16.8 Å². The molecule has 27 heavy (non-hydrogen) atoms. The highest BCUT2D eigenvalue weighted by molar-refractivity contribution is 8.18. The van der Waals surface area contributed by atoms with Crippen molar-refractivity contribution in [3.8, 4) is 5.75 Å². The number of para-hydroxylation sites is 1. The van der Waals surface area contributed by atoms with Gasteiger partial charge in [0.1, 0.15) is 5.75 Å².